The molecule has 0 saturated heterocycles. The molecule has 0 atom stereocenters. The van der Waals surface area contributed by atoms with Crippen molar-refractivity contribution in [3.8, 4) is 22.6 Å². The van der Waals surface area contributed by atoms with Crippen molar-refractivity contribution in [2.75, 3.05) is 6.61 Å². The van der Waals surface area contributed by atoms with Gasteiger partial charge in [-0.05, 0) is 64.5 Å². The number of hydrazone groups is 1. The van der Waals surface area contributed by atoms with Crippen LogP contribution < -0.4 is 14.9 Å². The number of carbonyl (C=O) groups excluding carboxylic acids is 2. The average Bonchev–Trinajstić information content (AvgIpc) is 3.40. The Hall–Kier alpha value is -4.23. The van der Waals surface area contributed by atoms with Crippen LogP contribution in [-0.4, -0.2) is 24.7 Å². The Bertz CT molecular complexity index is 1220. The number of thiophene rings is 1. The van der Waals surface area contributed by atoms with Crippen molar-refractivity contribution < 1.29 is 19.1 Å². The predicted molar refractivity (Wildman–Crippen MR) is 129 cm³/mol. The van der Waals surface area contributed by atoms with E-state index >= 15 is 0 Å². The summed E-state index contributed by atoms with van der Waals surface area (Å²) in [6.07, 6.45) is 1.50. The second-order valence-corrected chi connectivity index (χ2v) is 7.86. The molecule has 0 fully saturated rings. The smallest absolute Gasteiger partial charge is 0.353 e. The summed E-state index contributed by atoms with van der Waals surface area (Å²) < 4.78 is 10.8. The van der Waals surface area contributed by atoms with Gasteiger partial charge in [-0.3, -0.25) is 4.79 Å². The van der Waals surface area contributed by atoms with Gasteiger partial charge in [-0.25, -0.2) is 10.2 Å². The first-order chi connectivity index (χ1) is 16.2. The molecule has 0 radical (unpaired) electrons. The molecule has 6 nitrogen and oxygen atoms in total. The fourth-order valence-electron chi connectivity index (χ4n) is 2.91. The van der Waals surface area contributed by atoms with Crippen LogP contribution in [0.25, 0.3) is 11.1 Å². The summed E-state index contributed by atoms with van der Waals surface area (Å²) >= 11 is 1.32. The fourth-order valence-corrected chi connectivity index (χ4v) is 3.51. The topological polar surface area (TPSA) is 77.0 Å². The van der Waals surface area contributed by atoms with E-state index in [-0.39, 0.29) is 12.5 Å². The standard InChI is InChI=1S/C26H20N2O4S/c29-25(18-31-22-14-10-21(11-15-22)20-5-2-1-3-6-20)28-27-17-19-8-12-23(13-9-19)32-26(30)24-7-4-16-33-24/h1-17H,18H2,(H,28,29). The van der Waals surface area contributed by atoms with Crippen LogP contribution in [-0.2, 0) is 4.79 Å². The Labute approximate surface area is 195 Å². The second-order valence-electron chi connectivity index (χ2n) is 6.91. The lowest BCUT2D eigenvalue weighted by atomic mass is 10.1. The number of carbonyl (C=O) groups is 2. The Morgan fingerprint density at radius 2 is 1.52 bits per heavy atom. The maximum absolute atomic E-state index is 12.0. The molecule has 3 aromatic carbocycles. The van der Waals surface area contributed by atoms with E-state index in [1.54, 1.807) is 36.4 Å². The summed E-state index contributed by atoms with van der Waals surface area (Å²) in [5, 5.41) is 5.74. The highest BCUT2D eigenvalue weighted by Gasteiger charge is 2.09. The number of hydrogen-bond acceptors (Lipinski definition) is 6. The van der Waals surface area contributed by atoms with E-state index in [0.717, 1.165) is 16.7 Å². The molecule has 0 aliphatic rings. The van der Waals surface area contributed by atoms with Crippen molar-refractivity contribution in [2.45, 2.75) is 0 Å². The van der Waals surface area contributed by atoms with Crippen LogP contribution in [0, 0.1) is 0 Å². The Kier molecular flexibility index (Phi) is 7.25. The van der Waals surface area contributed by atoms with Gasteiger partial charge in [-0.15, -0.1) is 11.3 Å². The predicted octanol–water partition coefficient (Wildman–Crippen LogP) is 5.16. The molecule has 0 aliphatic carbocycles. The molecule has 4 aromatic rings. The van der Waals surface area contributed by atoms with Gasteiger partial charge in [0, 0.05) is 0 Å². The van der Waals surface area contributed by atoms with E-state index in [0.29, 0.717) is 16.4 Å². The molecule has 4 rings (SSSR count). The van der Waals surface area contributed by atoms with Crippen LogP contribution >= 0.6 is 11.3 Å². The van der Waals surface area contributed by atoms with Crippen molar-refractivity contribution in [3.05, 3.63) is 107 Å². The monoisotopic (exact) mass is 456 g/mol. The van der Waals surface area contributed by atoms with Crippen molar-refractivity contribution in [2.24, 2.45) is 5.10 Å². The number of amides is 1. The number of rotatable bonds is 8. The van der Waals surface area contributed by atoms with E-state index in [1.807, 2.05) is 60.0 Å². The molecule has 0 unspecified atom stereocenters. The van der Waals surface area contributed by atoms with Gasteiger partial charge in [0.15, 0.2) is 6.61 Å². The van der Waals surface area contributed by atoms with Gasteiger partial charge in [-0.1, -0.05) is 48.5 Å². The quantitative estimate of drug-likeness (QED) is 0.172. The van der Waals surface area contributed by atoms with Crippen molar-refractivity contribution >= 4 is 29.4 Å². The zero-order chi connectivity index (χ0) is 22.9. The van der Waals surface area contributed by atoms with Crippen LogP contribution in [0.5, 0.6) is 11.5 Å². The van der Waals surface area contributed by atoms with Gasteiger partial charge in [0.25, 0.3) is 5.91 Å². The Morgan fingerprint density at radius 1 is 0.818 bits per heavy atom. The molecule has 7 heteroatoms. The zero-order valence-electron chi connectivity index (χ0n) is 17.5. The van der Waals surface area contributed by atoms with Gasteiger partial charge in [-0.2, -0.15) is 5.10 Å². The molecule has 1 aromatic heterocycles. The Morgan fingerprint density at radius 3 is 2.21 bits per heavy atom. The number of esters is 1. The summed E-state index contributed by atoms with van der Waals surface area (Å²) in [5.41, 5.74) is 5.35. The van der Waals surface area contributed by atoms with E-state index in [9.17, 15) is 9.59 Å². The SMILES string of the molecule is O=C(COc1ccc(-c2ccccc2)cc1)NN=Cc1ccc(OC(=O)c2cccs2)cc1. The summed E-state index contributed by atoms with van der Waals surface area (Å²) in [5.74, 6) is 0.260. The lowest BCUT2D eigenvalue weighted by Gasteiger charge is -2.06. The molecular formula is C26H20N2O4S. The van der Waals surface area contributed by atoms with Gasteiger partial charge in [0.1, 0.15) is 16.4 Å². The molecule has 33 heavy (non-hydrogen) atoms. The number of ether oxygens (including phenoxy) is 2. The van der Waals surface area contributed by atoms with E-state index in [1.165, 1.54) is 17.6 Å². The first-order valence-corrected chi connectivity index (χ1v) is 11.0. The first kappa shape index (κ1) is 22.0. The van der Waals surface area contributed by atoms with E-state index < -0.39 is 5.97 Å². The van der Waals surface area contributed by atoms with Gasteiger partial charge in [0.05, 0.1) is 6.21 Å². The number of nitrogens with one attached hydrogen (secondary N) is 1. The highest BCUT2D eigenvalue weighted by Crippen LogP contribution is 2.22. The van der Waals surface area contributed by atoms with Crippen LogP contribution in [0.4, 0.5) is 0 Å². The minimum atomic E-state index is -0.395. The summed E-state index contributed by atoms with van der Waals surface area (Å²) in [4.78, 5) is 24.5. The molecule has 1 N–H and O–H groups in total. The molecule has 0 bridgehead atoms. The van der Waals surface area contributed by atoms with Gasteiger partial charge in [0.2, 0.25) is 0 Å². The minimum absolute atomic E-state index is 0.153. The summed E-state index contributed by atoms with van der Waals surface area (Å²) in [7, 11) is 0. The highest BCUT2D eigenvalue weighted by molar-refractivity contribution is 7.12. The maximum Gasteiger partial charge on any atom is 0.353 e. The summed E-state index contributed by atoms with van der Waals surface area (Å²) in [6, 6.07) is 27.9. The summed E-state index contributed by atoms with van der Waals surface area (Å²) in [6.45, 7) is -0.153. The molecule has 1 amide bonds. The normalized spacial score (nSPS) is 10.7. The fraction of sp³-hybridized carbons (Fsp3) is 0.0385. The van der Waals surface area contributed by atoms with E-state index in [4.69, 9.17) is 9.47 Å². The minimum Gasteiger partial charge on any atom is -0.484 e. The van der Waals surface area contributed by atoms with Gasteiger partial charge < -0.3 is 9.47 Å². The highest BCUT2D eigenvalue weighted by atomic mass is 32.1. The van der Waals surface area contributed by atoms with E-state index in [2.05, 4.69) is 10.5 Å². The maximum atomic E-state index is 12.0. The Balaban J connectivity index is 1.21. The average molecular weight is 457 g/mol. The molecule has 0 spiro atoms. The molecule has 1 heterocycles. The zero-order valence-corrected chi connectivity index (χ0v) is 18.3. The largest absolute Gasteiger partial charge is 0.484 e. The van der Waals surface area contributed by atoms with Crippen molar-refractivity contribution in [1.29, 1.82) is 0 Å². The van der Waals surface area contributed by atoms with Crippen molar-refractivity contribution in [3.63, 3.8) is 0 Å². The number of nitrogens with zero attached hydrogens (tertiary/aromatic N) is 1. The van der Waals surface area contributed by atoms with Gasteiger partial charge >= 0.3 is 5.97 Å². The lowest BCUT2D eigenvalue weighted by molar-refractivity contribution is -0.123. The molecule has 0 saturated carbocycles. The number of benzene rings is 3. The van der Waals surface area contributed by atoms with Crippen LogP contribution in [0.2, 0.25) is 0 Å². The first-order valence-electron chi connectivity index (χ1n) is 10.1. The molecule has 0 aliphatic heterocycles. The lowest BCUT2D eigenvalue weighted by Crippen LogP contribution is -2.24. The van der Waals surface area contributed by atoms with Crippen molar-refractivity contribution in [1.82, 2.24) is 5.43 Å². The van der Waals surface area contributed by atoms with Crippen LogP contribution in [0.15, 0.2) is 101 Å². The third-order valence-corrected chi connectivity index (χ3v) is 5.40. The molecular weight excluding hydrogens is 436 g/mol. The third kappa shape index (κ3) is 6.38. The molecule has 164 valence electrons. The van der Waals surface area contributed by atoms with Crippen LogP contribution in [0.3, 0.4) is 0 Å². The number of hydrogen-bond donors (Lipinski definition) is 1. The second kappa shape index (κ2) is 10.9. The third-order valence-electron chi connectivity index (χ3n) is 4.55. The van der Waals surface area contributed by atoms with Crippen LogP contribution in [0.1, 0.15) is 15.2 Å².